The largest absolute Gasteiger partial charge is 0.486 e. The van der Waals surface area contributed by atoms with Crippen molar-refractivity contribution in [2.75, 3.05) is 40.4 Å². The van der Waals surface area contributed by atoms with Gasteiger partial charge >= 0.3 is 0 Å². The average Bonchev–Trinajstić information content (AvgIpc) is 2.73. The molecule has 1 N–H and O–H groups in total. The van der Waals surface area contributed by atoms with E-state index in [1.165, 1.54) is 0 Å². The fraction of sp³-hybridized carbons (Fsp3) is 0.409. The molecule has 1 amide bonds. The lowest BCUT2D eigenvalue weighted by Crippen LogP contribution is -2.60. The van der Waals surface area contributed by atoms with Gasteiger partial charge in [-0.15, -0.1) is 0 Å². The number of hydrogen-bond donors (Lipinski definition) is 1. The second kappa shape index (κ2) is 7.45. The van der Waals surface area contributed by atoms with Crippen LogP contribution in [0.4, 0.5) is 0 Å². The number of β-amino-alcohol motifs (C(OH)–C–C–N with tert-alkyl or cyclic N) is 1. The number of ether oxygens (including phenoxy) is 2. The van der Waals surface area contributed by atoms with E-state index in [1.807, 2.05) is 50.5 Å². The molecule has 0 aromatic heterocycles. The van der Waals surface area contributed by atoms with Gasteiger partial charge in [-0.25, -0.2) is 0 Å². The molecular weight excluding hydrogens is 356 g/mol. The first-order valence-corrected chi connectivity index (χ1v) is 9.63. The Labute approximate surface area is 165 Å². The van der Waals surface area contributed by atoms with Crippen molar-refractivity contribution in [1.82, 2.24) is 9.80 Å². The molecule has 0 unspecified atom stereocenters. The molecule has 0 spiro atoms. The summed E-state index contributed by atoms with van der Waals surface area (Å²) >= 11 is 0. The first kappa shape index (κ1) is 18.8. The summed E-state index contributed by atoms with van der Waals surface area (Å²) in [5.41, 5.74) is 1.03. The first-order chi connectivity index (χ1) is 13.5. The number of benzene rings is 2. The number of aliphatic hydroxyl groups is 1. The number of aliphatic hydroxyl groups excluding tert-OH is 1. The lowest BCUT2D eigenvalue weighted by atomic mass is 9.77. The summed E-state index contributed by atoms with van der Waals surface area (Å²) < 4.78 is 11.3. The third-order valence-corrected chi connectivity index (χ3v) is 5.86. The Bertz CT molecular complexity index is 855. The predicted octanol–water partition coefficient (Wildman–Crippen LogP) is 2.12. The summed E-state index contributed by atoms with van der Waals surface area (Å²) in [5.74, 6) is 0.962. The van der Waals surface area contributed by atoms with E-state index >= 15 is 0 Å². The van der Waals surface area contributed by atoms with E-state index in [0.717, 1.165) is 5.56 Å². The van der Waals surface area contributed by atoms with Gasteiger partial charge in [-0.2, -0.15) is 0 Å². The number of nitrogens with zero attached hydrogens (tertiary/aromatic N) is 2. The van der Waals surface area contributed by atoms with Crippen LogP contribution in [-0.2, 0) is 5.54 Å². The highest BCUT2D eigenvalue weighted by molar-refractivity contribution is 5.98. The Hall–Kier alpha value is -2.57. The van der Waals surface area contributed by atoms with Crippen molar-refractivity contribution in [2.24, 2.45) is 0 Å². The molecular formula is C22H26N2O4. The molecule has 1 saturated heterocycles. The van der Waals surface area contributed by atoms with Crippen LogP contribution in [-0.4, -0.2) is 67.3 Å². The van der Waals surface area contributed by atoms with Gasteiger partial charge in [0.15, 0.2) is 11.5 Å². The molecule has 4 rings (SSSR count). The number of hydrogen-bond acceptors (Lipinski definition) is 5. The number of carbonyl (C=O) groups excluding carboxylic acids is 1. The normalized spacial score (nSPS) is 24.3. The fourth-order valence-electron chi connectivity index (χ4n) is 4.36. The summed E-state index contributed by atoms with van der Waals surface area (Å²) in [6.45, 7) is 1.72. The van der Waals surface area contributed by atoms with E-state index in [0.29, 0.717) is 43.2 Å². The zero-order valence-electron chi connectivity index (χ0n) is 16.3. The van der Waals surface area contributed by atoms with E-state index < -0.39 is 11.6 Å². The predicted molar refractivity (Wildman–Crippen MR) is 106 cm³/mol. The van der Waals surface area contributed by atoms with E-state index in [-0.39, 0.29) is 12.5 Å². The van der Waals surface area contributed by atoms with Crippen molar-refractivity contribution in [3.8, 4) is 11.5 Å². The molecule has 2 atom stereocenters. The standard InChI is InChI=1S/C22H26N2O4/c1-23(2)22(16-7-4-3-5-8-16)11-12-24(15-19(22)25)21(26)17-9-6-10-18-20(17)28-14-13-27-18/h3-10,19,25H,11-15H2,1-2H3/t19-,22+/m1/s1. The van der Waals surface area contributed by atoms with Crippen LogP contribution >= 0.6 is 0 Å². The van der Waals surface area contributed by atoms with Crippen molar-refractivity contribution in [2.45, 2.75) is 18.1 Å². The summed E-state index contributed by atoms with van der Waals surface area (Å²) in [5, 5.41) is 11.2. The van der Waals surface area contributed by atoms with Crippen LogP contribution in [0, 0.1) is 0 Å². The zero-order chi connectivity index (χ0) is 19.7. The van der Waals surface area contributed by atoms with Crippen molar-refractivity contribution in [3.05, 3.63) is 59.7 Å². The summed E-state index contributed by atoms with van der Waals surface area (Å²) in [6.07, 6.45) is -0.0668. The maximum atomic E-state index is 13.2. The minimum absolute atomic E-state index is 0.137. The van der Waals surface area contributed by atoms with E-state index in [2.05, 4.69) is 4.90 Å². The van der Waals surface area contributed by atoms with E-state index in [9.17, 15) is 9.90 Å². The summed E-state index contributed by atoms with van der Waals surface area (Å²) in [7, 11) is 3.96. The molecule has 2 aromatic rings. The molecule has 0 saturated carbocycles. The highest BCUT2D eigenvalue weighted by Gasteiger charge is 2.46. The van der Waals surface area contributed by atoms with Gasteiger partial charge in [0, 0.05) is 13.1 Å². The molecule has 0 aliphatic carbocycles. The van der Waals surface area contributed by atoms with Gasteiger partial charge in [-0.3, -0.25) is 9.69 Å². The molecule has 0 bridgehead atoms. The number of carbonyl (C=O) groups is 1. The Morgan fingerprint density at radius 2 is 1.86 bits per heavy atom. The number of para-hydroxylation sites is 1. The van der Waals surface area contributed by atoms with Gasteiger partial charge in [-0.1, -0.05) is 36.4 Å². The Balaban J connectivity index is 1.60. The average molecular weight is 382 g/mol. The Morgan fingerprint density at radius 1 is 1.11 bits per heavy atom. The highest BCUT2D eigenvalue weighted by atomic mass is 16.6. The summed E-state index contributed by atoms with van der Waals surface area (Å²) in [4.78, 5) is 17.0. The van der Waals surface area contributed by atoms with Crippen LogP contribution in [0.25, 0.3) is 0 Å². The van der Waals surface area contributed by atoms with Crippen LogP contribution in [0.3, 0.4) is 0 Å². The van der Waals surface area contributed by atoms with Gasteiger partial charge in [0.25, 0.3) is 5.91 Å². The van der Waals surface area contributed by atoms with Crippen molar-refractivity contribution >= 4 is 5.91 Å². The van der Waals surface area contributed by atoms with Crippen LogP contribution in [0.2, 0.25) is 0 Å². The number of fused-ring (bicyclic) bond motifs is 1. The molecule has 28 heavy (non-hydrogen) atoms. The third-order valence-electron chi connectivity index (χ3n) is 5.86. The number of likely N-dealkylation sites (tertiary alicyclic amines) is 1. The minimum Gasteiger partial charge on any atom is -0.486 e. The lowest BCUT2D eigenvalue weighted by Gasteiger charge is -2.49. The molecule has 148 valence electrons. The monoisotopic (exact) mass is 382 g/mol. The maximum absolute atomic E-state index is 13.2. The number of piperidine rings is 1. The molecule has 2 aromatic carbocycles. The van der Waals surface area contributed by atoms with Crippen molar-refractivity contribution in [3.63, 3.8) is 0 Å². The quantitative estimate of drug-likeness (QED) is 0.881. The van der Waals surface area contributed by atoms with Crippen LogP contribution in [0.15, 0.2) is 48.5 Å². The molecule has 6 nitrogen and oxygen atoms in total. The zero-order valence-corrected chi connectivity index (χ0v) is 16.3. The number of likely N-dealkylation sites (N-methyl/N-ethyl adjacent to an activating group) is 1. The molecule has 1 fully saturated rings. The SMILES string of the molecule is CN(C)[C@]1(c2ccccc2)CCN(C(=O)c2cccc3c2OCCO3)C[C@H]1O. The Morgan fingerprint density at radius 3 is 2.57 bits per heavy atom. The van der Waals surface area contributed by atoms with Crippen LogP contribution < -0.4 is 9.47 Å². The molecule has 6 heteroatoms. The smallest absolute Gasteiger partial charge is 0.257 e. The second-order valence-corrected chi connectivity index (χ2v) is 7.53. The lowest BCUT2D eigenvalue weighted by molar-refractivity contribution is -0.0612. The van der Waals surface area contributed by atoms with Crippen molar-refractivity contribution in [1.29, 1.82) is 0 Å². The van der Waals surface area contributed by atoms with Gasteiger partial charge in [0.1, 0.15) is 13.2 Å². The van der Waals surface area contributed by atoms with E-state index in [1.54, 1.807) is 17.0 Å². The van der Waals surface area contributed by atoms with E-state index in [4.69, 9.17) is 9.47 Å². The fourth-order valence-corrected chi connectivity index (χ4v) is 4.36. The number of rotatable bonds is 3. The molecule has 0 radical (unpaired) electrons. The van der Waals surface area contributed by atoms with Crippen molar-refractivity contribution < 1.29 is 19.4 Å². The topological polar surface area (TPSA) is 62.2 Å². The van der Waals surface area contributed by atoms with Crippen LogP contribution in [0.1, 0.15) is 22.3 Å². The van der Waals surface area contributed by atoms with Gasteiger partial charge in [0.05, 0.1) is 17.2 Å². The number of amides is 1. The first-order valence-electron chi connectivity index (χ1n) is 9.63. The van der Waals surface area contributed by atoms with Gasteiger partial charge in [0.2, 0.25) is 0 Å². The van der Waals surface area contributed by atoms with Crippen LogP contribution in [0.5, 0.6) is 11.5 Å². The maximum Gasteiger partial charge on any atom is 0.257 e. The molecule has 2 heterocycles. The highest BCUT2D eigenvalue weighted by Crippen LogP contribution is 2.39. The second-order valence-electron chi connectivity index (χ2n) is 7.53. The minimum atomic E-state index is -0.709. The van der Waals surface area contributed by atoms with Gasteiger partial charge in [-0.05, 0) is 38.2 Å². The van der Waals surface area contributed by atoms with Gasteiger partial charge < -0.3 is 19.5 Å². The Kier molecular flexibility index (Phi) is 5.00. The summed E-state index contributed by atoms with van der Waals surface area (Å²) in [6, 6.07) is 15.4. The molecule has 2 aliphatic rings. The molecule has 2 aliphatic heterocycles. The third kappa shape index (κ3) is 3.02.